The van der Waals surface area contributed by atoms with Gasteiger partial charge in [0.05, 0.1) is 11.6 Å². The van der Waals surface area contributed by atoms with Crippen molar-refractivity contribution in [2.24, 2.45) is 11.7 Å². The summed E-state index contributed by atoms with van der Waals surface area (Å²) in [7, 11) is 0. The highest BCUT2D eigenvalue weighted by atomic mass is 14.5. The lowest BCUT2D eigenvalue weighted by atomic mass is 9.89. The van der Waals surface area contributed by atoms with Crippen LogP contribution >= 0.6 is 0 Å². The Hall–Kier alpha value is -2.79. The second-order valence-electron chi connectivity index (χ2n) is 7.10. The molecule has 2 heteroatoms. The minimum atomic E-state index is 0.337. The first-order valence-corrected chi connectivity index (χ1v) is 9.76. The summed E-state index contributed by atoms with van der Waals surface area (Å²) in [6, 6.07) is 18.4. The summed E-state index contributed by atoms with van der Waals surface area (Å²) < 4.78 is 0. The van der Waals surface area contributed by atoms with Gasteiger partial charge in [0.2, 0.25) is 0 Å². The molecule has 0 amide bonds. The van der Waals surface area contributed by atoms with E-state index in [1.54, 1.807) is 6.20 Å². The van der Waals surface area contributed by atoms with Gasteiger partial charge in [0.15, 0.2) is 0 Å². The zero-order valence-corrected chi connectivity index (χ0v) is 16.9. The molecule has 1 fully saturated rings. The third kappa shape index (κ3) is 4.68. The fourth-order valence-electron chi connectivity index (χ4n) is 3.51. The van der Waals surface area contributed by atoms with Crippen LogP contribution < -0.4 is 5.73 Å². The summed E-state index contributed by atoms with van der Waals surface area (Å²) in [5, 5.41) is 8.90. The lowest BCUT2D eigenvalue weighted by Crippen LogP contribution is -2.06. The summed E-state index contributed by atoms with van der Waals surface area (Å²) in [5.74, 6) is 0.760. The number of allylic oxidation sites excluding steroid dienone is 3. The molecule has 27 heavy (non-hydrogen) atoms. The van der Waals surface area contributed by atoms with E-state index >= 15 is 0 Å². The largest absolute Gasteiger partial charge is 0.404 e. The predicted molar refractivity (Wildman–Crippen MR) is 115 cm³/mol. The molecule has 2 unspecified atom stereocenters. The molecule has 2 N–H and O–H groups in total. The van der Waals surface area contributed by atoms with Gasteiger partial charge in [-0.3, -0.25) is 0 Å². The second kappa shape index (κ2) is 9.24. The fourth-order valence-corrected chi connectivity index (χ4v) is 3.51. The third-order valence-electron chi connectivity index (χ3n) is 5.45. The average molecular weight is 359 g/mol. The van der Waals surface area contributed by atoms with Crippen molar-refractivity contribution in [3.8, 4) is 6.07 Å². The molecule has 0 saturated heterocycles. The van der Waals surface area contributed by atoms with Crippen LogP contribution in [0.25, 0.3) is 5.57 Å². The molecular weight excluding hydrogens is 328 g/mol. The molecular formula is C25H30N2. The molecule has 0 spiro atoms. The number of hydrogen-bond donors (Lipinski definition) is 1. The molecule has 0 aliphatic heterocycles. The third-order valence-corrected chi connectivity index (χ3v) is 5.45. The maximum absolute atomic E-state index is 8.90. The van der Waals surface area contributed by atoms with E-state index in [0.717, 1.165) is 23.5 Å². The van der Waals surface area contributed by atoms with Crippen LogP contribution in [0, 0.1) is 17.2 Å². The van der Waals surface area contributed by atoms with Gasteiger partial charge in [0.25, 0.3) is 0 Å². The Kier molecular flexibility index (Phi) is 7.02. The van der Waals surface area contributed by atoms with E-state index in [1.807, 2.05) is 38.1 Å². The van der Waals surface area contributed by atoms with Crippen molar-refractivity contribution < 1.29 is 0 Å². The van der Waals surface area contributed by atoms with E-state index in [0.29, 0.717) is 11.0 Å². The number of nitrogens with two attached hydrogens (primary N) is 1. The maximum Gasteiger partial charge on any atom is 0.0991 e. The van der Waals surface area contributed by atoms with Gasteiger partial charge in [-0.2, -0.15) is 5.26 Å². The van der Waals surface area contributed by atoms with Crippen molar-refractivity contribution in [3.05, 3.63) is 89.1 Å². The zero-order valence-electron chi connectivity index (χ0n) is 16.9. The Balaban J connectivity index is 0.00000126. The monoisotopic (exact) mass is 358 g/mol. The molecule has 0 bridgehead atoms. The summed E-state index contributed by atoms with van der Waals surface area (Å²) >= 11 is 0. The molecule has 2 aromatic rings. The Morgan fingerprint density at radius 2 is 1.81 bits per heavy atom. The van der Waals surface area contributed by atoms with E-state index in [2.05, 4.69) is 56.3 Å². The lowest BCUT2D eigenvalue weighted by Gasteiger charge is -2.15. The van der Waals surface area contributed by atoms with E-state index in [9.17, 15) is 0 Å². The molecule has 1 aliphatic rings. The van der Waals surface area contributed by atoms with Crippen LogP contribution in [0.4, 0.5) is 0 Å². The van der Waals surface area contributed by atoms with E-state index in [1.165, 1.54) is 17.5 Å². The number of benzene rings is 2. The van der Waals surface area contributed by atoms with Gasteiger partial charge in [0.1, 0.15) is 0 Å². The Bertz CT molecular complexity index is 853. The van der Waals surface area contributed by atoms with Crippen molar-refractivity contribution in [1.82, 2.24) is 0 Å². The molecule has 3 rings (SSSR count). The van der Waals surface area contributed by atoms with Crippen LogP contribution in [0.1, 0.15) is 56.4 Å². The molecule has 2 nitrogen and oxygen atoms in total. The summed E-state index contributed by atoms with van der Waals surface area (Å²) in [6.45, 7) is 8.69. The number of nitriles is 1. The number of nitrogens with zero attached hydrogens (tertiary/aromatic N) is 1. The Labute approximate surface area is 164 Å². The highest BCUT2D eigenvalue weighted by Crippen LogP contribution is 2.54. The standard InChI is InChI=1S/C23H24N2.C2H6/c1-17-14-23(17,2)22-9-4-3-6-20(22)7-5-8-21(16-25)19-12-10-18(15-24)11-13-19;1-2/h3-6,8-13,16-17H,7,14,25H2,1-2H3;1-2H3/b8-5-,21-16+;. The molecule has 140 valence electrons. The van der Waals surface area contributed by atoms with Gasteiger partial charge in [-0.05, 0) is 58.6 Å². The minimum Gasteiger partial charge on any atom is -0.404 e. The highest BCUT2D eigenvalue weighted by molar-refractivity contribution is 5.73. The van der Waals surface area contributed by atoms with Gasteiger partial charge in [-0.1, -0.05) is 76.2 Å². The predicted octanol–water partition coefficient (Wildman–Crippen LogP) is 5.98. The van der Waals surface area contributed by atoms with Crippen molar-refractivity contribution in [1.29, 1.82) is 5.26 Å². The first kappa shape index (κ1) is 20.5. The van der Waals surface area contributed by atoms with Gasteiger partial charge >= 0.3 is 0 Å². The molecule has 2 atom stereocenters. The normalized spacial score (nSPS) is 21.3. The van der Waals surface area contributed by atoms with Crippen molar-refractivity contribution in [3.63, 3.8) is 0 Å². The zero-order chi connectivity index (χ0) is 19.9. The topological polar surface area (TPSA) is 49.8 Å². The Morgan fingerprint density at radius 1 is 1.19 bits per heavy atom. The van der Waals surface area contributed by atoms with Gasteiger partial charge in [-0.25, -0.2) is 0 Å². The van der Waals surface area contributed by atoms with Crippen LogP contribution in [0.15, 0.2) is 66.9 Å². The average Bonchev–Trinajstić information content (AvgIpc) is 3.34. The molecule has 1 saturated carbocycles. The minimum absolute atomic E-state index is 0.337. The summed E-state index contributed by atoms with van der Waals surface area (Å²) in [6.07, 6.45) is 8.02. The quantitative estimate of drug-likeness (QED) is 0.668. The van der Waals surface area contributed by atoms with Gasteiger partial charge < -0.3 is 5.73 Å². The maximum atomic E-state index is 8.90. The molecule has 1 aliphatic carbocycles. The van der Waals surface area contributed by atoms with Crippen LogP contribution in [0.3, 0.4) is 0 Å². The van der Waals surface area contributed by atoms with Crippen LogP contribution in [0.2, 0.25) is 0 Å². The Morgan fingerprint density at radius 3 is 2.37 bits per heavy atom. The first-order valence-electron chi connectivity index (χ1n) is 9.76. The van der Waals surface area contributed by atoms with Crippen molar-refractivity contribution in [2.45, 2.75) is 46.0 Å². The summed E-state index contributed by atoms with van der Waals surface area (Å²) in [4.78, 5) is 0. The van der Waals surface area contributed by atoms with Crippen LogP contribution in [-0.2, 0) is 11.8 Å². The van der Waals surface area contributed by atoms with Gasteiger partial charge in [-0.15, -0.1) is 0 Å². The highest BCUT2D eigenvalue weighted by Gasteiger charge is 2.48. The van der Waals surface area contributed by atoms with E-state index in [-0.39, 0.29) is 0 Å². The van der Waals surface area contributed by atoms with Gasteiger partial charge in [0, 0.05) is 6.20 Å². The van der Waals surface area contributed by atoms with Crippen LogP contribution in [-0.4, -0.2) is 0 Å². The molecule has 2 aromatic carbocycles. The molecule has 0 aromatic heterocycles. The molecule has 0 heterocycles. The SMILES string of the molecule is CC.CC1CC1(C)c1ccccc1C/C=C\C(=C/N)c1ccc(C#N)cc1. The van der Waals surface area contributed by atoms with E-state index in [4.69, 9.17) is 11.0 Å². The smallest absolute Gasteiger partial charge is 0.0991 e. The fraction of sp³-hybridized carbons (Fsp3) is 0.320. The van der Waals surface area contributed by atoms with E-state index < -0.39 is 0 Å². The second-order valence-corrected chi connectivity index (χ2v) is 7.10. The number of rotatable bonds is 5. The number of hydrogen-bond acceptors (Lipinski definition) is 2. The lowest BCUT2D eigenvalue weighted by molar-refractivity contribution is 0.694. The first-order chi connectivity index (χ1) is 13.1. The molecule has 0 radical (unpaired) electrons. The van der Waals surface area contributed by atoms with Crippen molar-refractivity contribution >= 4 is 5.57 Å². The summed E-state index contributed by atoms with van der Waals surface area (Å²) in [5.41, 5.74) is 11.7. The van der Waals surface area contributed by atoms with Crippen molar-refractivity contribution in [2.75, 3.05) is 0 Å². The van der Waals surface area contributed by atoms with Crippen LogP contribution in [0.5, 0.6) is 0 Å².